The van der Waals surface area contributed by atoms with Crippen molar-refractivity contribution in [3.05, 3.63) is 0 Å². The number of halogens is 3. The van der Waals surface area contributed by atoms with Gasteiger partial charge in [0.2, 0.25) is 0 Å². The van der Waals surface area contributed by atoms with Gasteiger partial charge in [-0.25, -0.2) is 8.42 Å². The molecule has 4 nitrogen and oxygen atoms in total. The summed E-state index contributed by atoms with van der Waals surface area (Å²) in [6.45, 7) is -0.198. The fraction of sp³-hybridized carbons (Fsp3) is 1.00. The highest BCUT2D eigenvalue weighted by Crippen LogP contribution is 2.11. The largest absolute Gasteiger partial charge is 0.383 e. The van der Waals surface area contributed by atoms with E-state index in [2.05, 4.69) is 4.74 Å². The molecule has 0 radical (unpaired) electrons. The highest BCUT2D eigenvalue weighted by Gasteiger charge is 2.31. The lowest BCUT2D eigenvalue weighted by molar-refractivity contribution is 0.172. The molecule has 0 saturated carbocycles. The molecule has 0 amide bonds. The molecule has 0 aromatic heterocycles. The van der Waals surface area contributed by atoms with Crippen LogP contribution in [-0.2, 0) is 14.8 Å². The lowest BCUT2D eigenvalue weighted by Gasteiger charge is -2.19. The van der Waals surface area contributed by atoms with Gasteiger partial charge in [-0.2, -0.15) is 13.1 Å². The molecule has 0 aliphatic heterocycles. The molecule has 0 saturated heterocycles. The Bertz CT molecular complexity index is 247. The lowest BCUT2D eigenvalue weighted by Crippen LogP contribution is -2.38. The van der Waals surface area contributed by atoms with Gasteiger partial charge in [-0.15, -0.1) is 11.6 Å². The van der Waals surface area contributed by atoms with Crippen LogP contribution in [0.1, 0.15) is 0 Å². The van der Waals surface area contributed by atoms with E-state index in [0.29, 0.717) is 4.31 Å². The minimum Gasteiger partial charge on any atom is -0.383 e. The average molecular weight is 252 g/mol. The van der Waals surface area contributed by atoms with Crippen LogP contribution in [0, 0.1) is 0 Å². The summed E-state index contributed by atoms with van der Waals surface area (Å²) in [6, 6.07) is 0. The second-order valence-corrected chi connectivity index (χ2v) is 4.67. The van der Waals surface area contributed by atoms with Gasteiger partial charge in [-0.1, -0.05) is 0 Å². The maximum atomic E-state index is 12.1. The summed E-state index contributed by atoms with van der Waals surface area (Å²) in [6.07, 6.45) is 0. The number of rotatable bonds is 7. The Morgan fingerprint density at radius 1 is 1.43 bits per heavy atom. The fourth-order valence-corrected chi connectivity index (χ4v) is 1.97. The second-order valence-electron chi connectivity index (χ2n) is 2.39. The van der Waals surface area contributed by atoms with Crippen molar-refractivity contribution in [2.24, 2.45) is 0 Å². The normalized spacial score (nSPS) is 12.7. The quantitative estimate of drug-likeness (QED) is 0.627. The molecule has 0 bridgehead atoms. The zero-order valence-electron chi connectivity index (χ0n) is 7.62. The van der Waals surface area contributed by atoms with Gasteiger partial charge in [0.15, 0.2) is 0 Å². The summed E-state index contributed by atoms with van der Waals surface area (Å²) in [5.74, 6) is -3.45. The van der Waals surface area contributed by atoms with Crippen LogP contribution in [-0.4, -0.2) is 51.2 Å². The lowest BCUT2D eigenvalue weighted by atomic mass is 10.6. The number of nitrogens with zero attached hydrogens (tertiary/aromatic N) is 1. The Morgan fingerprint density at radius 2 is 2.00 bits per heavy atom. The molecule has 8 heteroatoms. The third-order valence-electron chi connectivity index (χ3n) is 1.46. The zero-order chi connectivity index (χ0) is 11.2. The van der Waals surface area contributed by atoms with Gasteiger partial charge in [0.05, 0.1) is 6.61 Å². The molecule has 0 N–H and O–H groups in total. The van der Waals surface area contributed by atoms with Gasteiger partial charge in [0.1, 0.15) is 0 Å². The summed E-state index contributed by atoms with van der Waals surface area (Å²) >= 11 is 5.29. The Morgan fingerprint density at radius 3 is 2.36 bits per heavy atom. The molecular formula is C6H12ClF2NO3S. The summed E-state index contributed by atoms with van der Waals surface area (Å²) in [5.41, 5.74) is 0. The van der Waals surface area contributed by atoms with Crippen molar-refractivity contribution in [3.63, 3.8) is 0 Å². The number of hydrogen-bond acceptors (Lipinski definition) is 3. The summed E-state index contributed by atoms with van der Waals surface area (Å²) in [7, 11) is -3.18. The van der Waals surface area contributed by atoms with Gasteiger partial charge in [-0.3, -0.25) is 0 Å². The van der Waals surface area contributed by atoms with E-state index in [1.807, 2.05) is 0 Å². The number of alkyl halides is 3. The molecular weight excluding hydrogens is 240 g/mol. The van der Waals surface area contributed by atoms with E-state index in [1.165, 1.54) is 7.11 Å². The Kier molecular flexibility index (Phi) is 6.50. The summed E-state index contributed by atoms with van der Waals surface area (Å²) < 4.78 is 51.4. The minimum absolute atomic E-state index is 0.0321. The Balaban J connectivity index is 4.47. The predicted octanol–water partition coefficient (Wildman–Crippen LogP) is 0.726. The van der Waals surface area contributed by atoms with Gasteiger partial charge in [0, 0.05) is 26.1 Å². The minimum atomic E-state index is -4.54. The van der Waals surface area contributed by atoms with Crippen LogP contribution in [0.2, 0.25) is 0 Å². The maximum absolute atomic E-state index is 12.1. The third-order valence-corrected chi connectivity index (χ3v) is 3.17. The first-order chi connectivity index (χ1) is 6.46. The smallest absolute Gasteiger partial charge is 0.350 e. The van der Waals surface area contributed by atoms with E-state index in [9.17, 15) is 17.2 Å². The monoisotopic (exact) mass is 251 g/mol. The van der Waals surface area contributed by atoms with E-state index in [4.69, 9.17) is 11.6 Å². The molecule has 0 aromatic rings. The first kappa shape index (κ1) is 14.0. The van der Waals surface area contributed by atoms with Crippen LogP contribution in [0.4, 0.5) is 8.78 Å². The van der Waals surface area contributed by atoms with Crippen molar-refractivity contribution in [3.8, 4) is 0 Å². The molecule has 0 fully saturated rings. The predicted molar refractivity (Wildman–Crippen MR) is 49.1 cm³/mol. The van der Waals surface area contributed by atoms with E-state index < -0.39 is 15.8 Å². The second kappa shape index (κ2) is 6.49. The van der Waals surface area contributed by atoms with E-state index in [-0.39, 0.29) is 25.6 Å². The van der Waals surface area contributed by atoms with Crippen LogP contribution in [0.15, 0.2) is 0 Å². The molecule has 86 valence electrons. The highest BCUT2D eigenvalue weighted by molar-refractivity contribution is 7.89. The number of hydrogen-bond donors (Lipinski definition) is 0. The number of methoxy groups -OCH3 is 1. The van der Waals surface area contributed by atoms with Crippen LogP contribution in [0.25, 0.3) is 0 Å². The summed E-state index contributed by atoms with van der Waals surface area (Å²) in [5, 5.41) is 0. The molecule has 0 rings (SSSR count). The van der Waals surface area contributed by atoms with Crippen LogP contribution in [0.5, 0.6) is 0 Å². The van der Waals surface area contributed by atoms with Crippen molar-refractivity contribution < 1.29 is 21.9 Å². The van der Waals surface area contributed by atoms with Gasteiger partial charge in [-0.05, 0) is 0 Å². The Hall–Kier alpha value is 0.0200. The van der Waals surface area contributed by atoms with E-state index in [1.54, 1.807) is 0 Å². The van der Waals surface area contributed by atoms with Crippen molar-refractivity contribution in [2.45, 2.75) is 5.76 Å². The molecule has 0 atom stereocenters. The maximum Gasteiger partial charge on any atom is 0.350 e. The topological polar surface area (TPSA) is 46.6 Å². The van der Waals surface area contributed by atoms with Crippen LogP contribution >= 0.6 is 11.6 Å². The first-order valence-electron chi connectivity index (χ1n) is 3.78. The zero-order valence-corrected chi connectivity index (χ0v) is 9.19. The molecule has 0 aromatic carbocycles. The van der Waals surface area contributed by atoms with Crippen molar-refractivity contribution in [1.82, 2.24) is 4.31 Å². The number of sulfonamides is 1. The summed E-state index contributed by atoms with van der Waals surface area (Å²) in [4.78, 5) is 0. The van der Waals surface area contributed by atoms with E-state index >= 15 is 0 Å². The third kappa shape index (κ3) is 4.04. The molecule has 0 aliphatic carbocycles. The Labute approximate surface area is 86.8 Å². The van der Waals surface area contributed by atoms with E-state index in [0.717, 1.165) is 0 Å². The van der Waals surface area contributed by atoms with Gasteiger partial charge < -0.3 is 4.74 Å². The molecule has 14 heavy (non-hydrogen) atoms. The van der Waals surface area contributed by atoms with Gasteiger partial charge >= 0.3 is 5.76 Å². The van der Waals surface area contributed by atoms with Crippen LogP contribution in [0.3, 0.4) is 0 Å². The van der Waals surface area contributed by atoms with Crippen molar-refractivity contribution in [1.29, 1.82) is 0 Å². The SMILES string of the molecule is COCCN(CCCl)S(=O)(=O)C(F)F. The first-order valence-corrected chi connectivity index (χ1v) is 5.82. The molecule has 0 unspecified atom stereocenters. The molecule has 0 heterocycles. The van der Waals surface area contributed by atoms with Crippen molar-refractivity contribution >= 4 is 21.6 Å². The molecule has 0 aliphatic rings. The molecule has 0 spiro atoms. The standard InChI is InChI=1S/C6H12ClF2NO3S/c1-13-5-4-10(3-2-7)14(11,12)6(8)9/h6H,2-5H2,1H3. The van der Waals surface area contributed by atoms with Crippen molar-refractivity contribution in [2.75, 3.05) is 32.7 Å². The number of ether oxygens (including phenoxy) is 1. The average Bonchev–Trinajstić information content (AvgIpc) is 2.11. The fourth-order valence-electron chi connectivity index (χ4n) is 0.766. The van der Waals surface area contributed by atoms with Gasteiger partial charge in [0.25, 0.3) is 10.0 Å². The highest BCUT2D eigenvalue weighted by atomic mass is 35.5. The van der Waals surface area contributed by atoms with Crippen LogP contribution < -0.4 is 0 Å².